The summed E-state index contributed by atoms with van der Waals surface area (Å²) in [5, 5.41) is 6.14. The Labute approximate surface area is 174 Å². The topological polar surface area (TPSA) is 58.9 Å². The van der Waals surface area contributed by atoms with E-state index in [9.17, 15) is 4.79 Å². The maximum absolute atomic E-state index is 12.4. The first-order valence-corrected chi connectivity index (χ1v) is 10.6. The average Bonchev–Trinajstić information content (AvgIpc) is 3.26. The number of nitrogens with one attached hydrogen (secondary N) is 2. The summed E-state index contributed by atoms with van der Waals surface area (Å²) < 4.78 is 5.14. The second kappa shape index (κ2) is 9.07. The van der Waals surface area contributed by atoms with Gasteiger partial charge < -0.3 is 19.9 Å². The molecule has 7 heteroatoms. The van der Waals surface area contributed by atoms with Gasteiger partial charge in [0, 0.05) is 16.6 Å². The third-order valence-electron chi connectivity index (χ3n) is 5.09. The molecule has 1 amide bonds. The normalized spacial score (nSPS) is 14.6. The number of aromatic nitrogens is 1. The molecule has 0 radical (unpaired) electrons. The van der Waals surface area contributed by atoms with Crippen molar-refractivity contribution in [3.05, 3.63) is 60.0 Å². The van der Waals surface area contributed by atoms with Gasteiger partial charge in [-0.15, -0.1) is 11.3 Å². The smallest absolute Gasteiger partial charge is 0.279 e. The van der Waals surface area contributed by atoms with Gasteiger partial charge in [0.2, 0.25) is 0 Å². The standard InChI is InChI=1S/C22H24N4O2S/c1-28-19-9-7-18(8-10-19)23-21(27)15-25-11-13-26(14-12-25)22-24-20(16-29-22)17-5-3-2-4-6-17/h2-10,16H,11-15H2,1H3,(H,23,27)/p+1. The second-order valence-electron chi connectivity index (χ2n) is 7.07. The summed E-state index contributed by atoms with van der Waals surface area (Å²) >= 11 is 1.69. The summed E-state index contributed by atoms with van der Waals surface area (Å²) in [7, 11) is 1.63. The fourth-order valence-corrected chi connectivity index (χ4v) is 4.34. The van der Waals surface area contributed by atoms with E-state index in [0.29, 0.717) is 6.54 Å². The Morgan fingerprint density at radius 3 is 2.55 bits per heavy atom. The van der Waals surface area contributed by atoms with Crippen LogP contribution in [0.2, 0.25) is 0 Å². The summed E-state index contributed by atoms with van der Waals surface area (Å²) in [4.78, 5) is 20.8. The average molecular weight is 410 g/mol. The number of hydrogen-bond donors (Lipinski definition) is 2. The molecule has 1 saturated heterocycles. The molecule has 0 saturated carbocycles. The number of carbonyl (C=O) groups excluding carboxylic acids is 1. The van der Waals surface area contributed by atoms with Crippen molar-refractivity contribution in [1.82, 2.24) is 4.98 Å². The van der Waals surface area contributed by atoms with Gasteiger partial charge >= 0.3 is 0 Å². The summed E-state index contributed by atoms with van der Waals surface area (Å²) in [5.74, 6) is 0.821. The minimum Gasteiger partial charge on any atom is -0.497 e. The van der Waals surface area contributed by atoms with Crippen LogP contribution < -0.4 is 19.9 Å². The van der Waals surface area contributed by atoms with Crippen molar-refractivity contribution < 1.29 is 14.4 Å². The van der Waals surface area contributed by atoms with Gasteiger partial charge in [-0.05, 0) is 24.3 Å². The lowest BCUT2D eigenvalue weighted by molar-refractivity contribution is -0.892. The van der Waals surface area contributed by atoms with E-state index in [2.05, 4.69) is 27.7 Å². The van der Waals surface area contributed by atoms with Crippen LogP contribution in [0.25, 0.3) is 11.3 Å². The van der Waals surface area contributed by atoms with Gasteiger partial charge in [-0.2, -0.15) is 0 Å². The quantitative estimate of drug-likeness (QED) is 0.655. The molecule has 4 rings (SSSR count). The fourth-order valence-electron chi connectivity index (χ4n) is 3.45. The molecule has 0 bridgehead atoms. The summed E-state index contributed by atoms with van der Waals surface area (Å²) in [5.41, 5.74) is 2.97. The van der Waals surface area contributed by atoms with Gasteiger partial charge in [0.25, 0.3) is 5.91 Å². The molecule has 0 spiro atoms. The third-order valence-corrected chi connectivity index (χ3v) is 5.99. The number of hydrogen-bond acceptors (Lipinski definition) is 5. The summed E-state index contributed by atoms with van der Waals surface area (Å²) in [6.07, 6.45) is 0. The van der Waals surface area contributed by atoms with Crippen LogP contribution in [-0.2, 0) is 4.79 Å². The number of methoxy groups -OCH3 is 1. The van der Waals surface area contributed by atoms with Gasteiger partial charge in [-0.25, -0.2) is 4.98 Å². The van der Waals surface area contributed by atoms with Crippen molar-refractivity contribution in [1.29, 1.82) is 0 Å². The lowest BCUT2D eigenvalue weighted by atomic mass is 10.2. The lowest BCUT2D eigenvalue weighted by Crippen LogP contribution is -3.15. The Morgan fingerprint density at radius 1 is 1.14 bits per heavy atom. The second-order valence-corrected chi connectivity index (χ2v) is 7.91. The molecular weight excluding hydrogens is 384 g/mol. The molecule has 0 atom stereocenters. The van der Waals surface area contributed by atoms with Gasteiger partial charge in [0.05, 0.1) is 39.0 Å². The summed E-state index contributed by atoms with van der Waals surface area (Å²) in [6, 6.07) is 17.7. The van der Waals surface area contributed by atoms with Crippen LogP contribution in [0.15, 0.2) is 60.0 Å². The molecule has 1 fully saturated rings. The largest absolute Gasteiger partial charge is 0.497 e. The first-order chi connectivity index (χ1) is 14.2. The van der Waals surface area contributed by atoms with E-state index in [1.54, 1.807) is 18.4 Å². The molecule has 6 nitrogen and oxygen atoms in total. The monoisotopic (exact) mass is 409 g/mol. The van der Waals surface area contributed by atoms with Crippen LogP contribution in [0.1, 0.15) is 0 Å². The number of piperazine rings is 1. The highest BCUT2D eigenvalue weighted by Crippen LogP contribution is 2.27. The Hall–Kier alpha value is -2.90. The Morgan fingerprint density at radius 2 is 1.86 bits per heavy atom. The van der Waals surface area contributed by atoms with E-state index in [1.165, 1.54) is 4.90 Å². The molecule has 1 aliphatic heterocycles. The van der Waals surface area contributed by atoms with E-state index >= 15 is 0 Å². The number of rotatable bonds is 6. The zero-order valence-corrected chi connectivity index (χ0v) is 17.2. The van der Waals surface area contributed by atoms with Crippen LogP contribution in [0.5, 0.6) is 5.75 Å². The highest BCUT2D eigenvalue weighted by atomic mass is 32.1. The number of amides is 1. The molecule has 1 aliphatic rings. The number of quaternary nitrogens is 1. The van der Waals surface area contributed by atoms with Crippen molar-refractivity contribution in [3.8, 4) is 17.0 Å². The Kier molecular flexibility index (Phi) is 6.07. The first-order valence-electron chi connectivity index (χ1n) is 9.74. The van der Waals surface area contributed by atoms with Gasteiger partial charge in [0.15, 0.2) is 11.7 Å². The SMILES string of the molecule is COc1ccc(NC(=O)C[NH+]2CCN(c3nc(-c4ccccc4)cs3)CC2)cc1. The van der Waals surface area contributed by atoms with Crippen LogP contribution in [0.3, 0.4) is 0 Å². The minimum atomic E-state index is 0.0410. The fraction of sp³-hybridized carbons (Fsp3) is 0.273. The molecular formula is C22H25N4O2S+. The Bertz CT molecular complexity index is 935. The number of benzene rings is 2. The number of carbonyl (C=O) groups is 1. The van der Waals surface area contributed by atoms with Crippen molar-refractivity contribution in [3.63, 3.8) is 0 Å². The van der Waals surface area contributed by atoms with Crippen LogP contribution in [0, 0.1) is 0 Å². The molecule has 0 unspecified atom stereocenters. The third kappa shape index (κ3) is 4.93. The zero-order valence-electron chi connectivity index (χ0n) is 16.4. The molecule has 3 aromatic rings. The van der Waals surface area contributed by atoms with Crippen molar-refractivity contribution in [2.45, 2.75) is 0 Å². The zero-order chi connectivity index (χ0) is 20.1. The number of nitrogens with zero attached hydrogens (tertiary/aromatic N) is 2. The molecule has 1 aromatic heterocycles. The number of ether oxygens (including phenoxy) is 1. The van der Waals surface area contributed by atoms with E-state index in [-0.39, 0.29) is 5.91 Å². The predicted molar refractivity (Wildman–Crippen MR) is 117 cm³/mol. The van der Waals surface area contributed by atoms with Crippen molar-refractivity contribution >= 4 is 28.1 Å². The molecule has 29 heavy (non-hydrogen) atoms. The van der Waals surface area contributed by atoms with Crippen LogP contribution in [0.4, 0.5) is 10.8 Å². The first kappa shape index (κ1) is 19.4. The maximum atomic E-state index is 12.4. The van der Waals surface area contributed by atoms with E-state index in [0.717, 1.165) is 54.0 Å². The molecule has 150 valence electrons. The highest BCUT2D eigenvalue weighted by Gasteiger charge is 2.24. The van der Waals surface area contributed by atoms with E-state index < -0.39 is 0 Å². The maximum Gasteiger partial charge on any atom is 0.279 e. The highest BCUT2D eigenvalue weighted by molar-refractivity contribution is 7.14. The van der Waals surface area contributed by atoms with Crippen molar-refractivity contribution in [2.24, 2.45) is 0 Å². The Balaban J connectivity index is 1.27. The molecule has 2 heterocycles. The predicted octanol–water partition coefficient (Wildman–Crippen LogP) is 2.16. The van der Waals surface area contributed by atoms with Gasteiger partial charge in [0.1, 0.15) is 5.75 Å². The minimum absolute atomic E-state index is 0.0410. The van der Waals surface area contributed by atoms with E-state index in [4.69, 9.17) is 9.72 Å². The van der Waals surface area contributed by atoms with E-state index in [1.807, 2.05) is 42.5 Å². The number of thiazole rings is 1. The summed E-state index contributed by atoms with van der Waals surface area (Å²) in [6.45, 7) is 4.15. The van der Waals surface area contributed by atoms with Gasteiger partial charge in [-0.1, -0.05) is 30.3 Å². The van der Waals surface area contributed by atoms with Crippen LogP contribution in [-0.4, -0.2) is 50.7 Å². The van der Waals surface area contributed by atoms with Gasteiger partial charge in [-0.3, -0.25) is 4.79 Å². The molecule has 2 aromatic carbocycles. The molecule has 2 N–H and O–H groups in total. The molecule has 0 aliphatic carbocycles. The number of anilines is 2. The van der Waals surface area contributed by atoms with Crippen LogP contribution >= 0.6 is 11.3 Å². The van der Waals surface area contributed by atoms with Crippen molar-refractivity contribution in [2.75, 3.05) is 50.1 Å². The lowest BCUT2D eigenvalue weighted by Gasteiger charge is -2.31.